The summed E-state index contributed by atoms with van der Waals surface area (Å²) in [5, 5.41) is 20.7. The molecule has 0 aliphatic heterocycles. The molecule has 0 spiro atoms. The highest BCUT2D eigenvalue weighted by Crippen LogP contribution is 2.34. The third-order valence-corrected chi connectivity index (χ3v) is 13.8. The second kappa shape index (κ2) is 48.4. The van der Waals surface area contributed by atoms with E-state index >= 15 is 0 Å². The molecule has 2 aromatic rings. The number of rotatable bonds is 50. The normalized spacial score (nSPS) is 11.9. The van der Waals surface area contributed by atoms with E-state index in [4.69, 9.17) is 18.9 Å². The van der Waals surface area contributed by atoms with Crippen LogP contribution in [0.15, 0.2) is 46.4 Å². The van der Waals surface area contributed by atoms with Gasteiger partial charge in [0, 0.05) is 12.1 Å². The summed E-state index contributed by atoms with van der Waals surface area (Å²) in [5.41, 5.74) is 5.33. The number of benzene rings is 2. The highest BCUT2D eigenvalue weighted by Gasteiger charge is 2.14. The van der Waals surface area contributed by atoms with Crippen LogP contribution in [0.5, 0.6) is 23.0 Å². The van der Waals surface area contributed by atoms with Crippen molar-refractivity contribution in [3.05, 3.63) is 36.4 Å². The predicted molar refractivity (Wildman–Crippen MR) is 306 cm³/mol. The fourth-order valence-corrected chi connectivity index (χ4v) is 9.20. The Labute approximate surface area is 442 Å². The van der Waals surface area contributed by atoms with Gasteiger partial charge in [0.05, 0.1) is 37.8 Å². The first kappa shape index (κ1) is 64.6. The van der Waals surface area contributed by atoms with Gasteiger partial charge in [0.1, 0.15) is 0 Å². The Hall–Kier alpha value is -3.50. The summed E-state index contributed by atoms with van der Waals surface area (Å²) in [6.45, 7) is 11.5. The predicted octanol–water partition coefficient (Wildman–Crippen LogP) is 19.6. The molecule has 0 aliphatic rings. The van der Waals surface area contributed by atoms with E-state index in [1.54, 1.807) is 0 Å². The number of nitrogens with one attached hydrogen (secondary N) is 2. The number of unbranched alkanes of at least 4 members (excludes halogenated alkanes) is 36. The van der Waals surface area contributed by atoms with Crippen molar-refractivity contribution in [3.63, 3.8) is 0 Å². The minimum Gasteiger partial charge on any atom is -0.490 e. The summed E-state index contributed by atoms with van der Waals surface area (Å²) in [6.07, 6.45) is 50.5. The van der Waals surface area contributed by atoms with Crippen LogP contribution in [0.2, 0.25) is 0 Å². The van der Waals surface area contributed by atoms with Crippen LogP contribution in [0.4, 0.5) is 11.4 Å². The molecule has 0 saturated carbocycles. The van der Waals surface area contributed by atoms with Crippen LogP contribution in [0.25, 0.3) is 0 Å². The first-order valence-corrected chi connectivity index (χ1v) is 30.4. The molecule has 0 bridgehead atoms. The van der Waals surface area contributed by atoms with Crippen molar-refractivity contribution in [2.24, 2.45) is 9.98 Å². The summed E-state index contributed by atoms with van der Waals surface area (Å²) in [4.78, 5) is 9.33. The van der Waals surface area contributed by atoms with Gasteiger partial charge in [-0.1, -0.05) is 259 Å². The average Bonchev–Trinajstić information content (AvgIpc) is 3.39. The Bertz CT molecular complexity index is 1470. The maximum Gasteiger partial charge on any atom is 0.195 e. The largest absolute Gasteiger partial charge is 0.490 e. The van der Waals surface area contributed by atoms with E-state index in [2.05, 4.69) is 48.6 Å². The van der Waals surface area contributed by atoms with Crippen molar-refractivity contribution >= 4 is 23.0 Å². The van der Waals surface area contributed by atoms with Gasteiger partial charge in [0.15, 0.2) is 34.7 Å². The number of ether oxygens (including phenoxy) is 4. The van der Waals surface area contributed by atoms with E-state index in [0.717, 1.165) is 51.4 Å². The molecule has 72 heavy (non-hydrogen) atoms. The fraction of sp³-hybridized carbons (Fsp3) is 0.774. The van der Waals surface area contributed by atoms with E-state index in [1.807, 2.05) is 36.4 Å². The standard InChI is InChI=1S/C62H110N4O6/c1-5-9-13-17-21-25-29-33-37-41-49-69-57-47-45-55(53-59(57)71-51-43-39-35-31-27-23-19-15-11-7-3)63-61(65-67)62(66-68)64-56-46-48-58(70-50-42-38-34-30-26-22-18-14-10-6-2)60(54-56)72-52-44-40-36-32-28-24-20-16-12-8-4/h45-48,53-54,67-68H,5-44,49-52H2,1-4H3,(H,63,65)(H,64,66). The molecule has 0 aromatic heterocycles. The molecule has 10 nitrogen and oxygen atoms in total. The van der Waals surface area contributed by atoms with Crippen molar-refractivity contribution in [3.8, 4) is 23.0 Å². The fourth-order valence-electron chi connectivity index (χ4n) is 9.20. The number of nitrogens with zero attached hydrogens (tertiary/aromatic N) is 2. The lowest BCUT2D eigenvalue weighted by Gasteiger charge is -2.15. The monoisotopic (exact) mass is 1010 g/mol. The third-order valence-electron chi connectivity index (χ3n) is 13.8. The maximum atomic E-state index is 10.4. The summed E-state index contributed by atoms with van der Waals surface area (Å²) in [7, 11) is 0. The van der Waals surface area contributed by atoms with E-state index in [9.17, 15) is 10.4 Å². The van der Waals surface area contributed by atoms with Crippen LogP contribution in [0, 0.1) is 0 Å². The van der Waals surface area contributed by atoms with Gasteiger partial charge in [0.25, 0.3) is 0 Å². The Morgan fingerprint density at radius 3 is 0.736 bits per heavy atom. The van der Waals surface area contributed by atoms with E-state index < -0.39 is 0 Å². The highest BCUT2D eigenvalue weighted by molar-refractivity contribution is 6.40. The van der Waals surface area contributed by atoms with Crippen LogP contribution in [-0.4, -0.2) is 48.5 Å². The third kappa shape index (κ3) is 34.8. The molecule has 10 heteroatoms. The lowest BCUT2D eigenvalue weighted by Crippen LogP contribution is -2.37. The van der Waals surface area contributed by atoms with Crippen molar-refractivity contribution in [1.82, 2.24) is 11.0 Å². The van der Waals surface area contributed by atoms with Gasteiger partial charge in [-0.2, -0.15) is 0 Å². The van der Waals surface area contributed by atoms with Crippen molar-refractivity contribution in [2.75, 3.05) is 26.4 Å². The first-order valence-electron chi connectivity index (χ1n) is 30.4. The summed E-state index contributed by atoms with van der Waals surface area (Å²) < 4.78 is 25.4. The molecule has 0 heterocycles. The highest BCUT2D eigenvalue weighted by atomic mass is 16.5. The van der Waals surface area contributed by atoms with Gasteiger partial charge in [0.2, 0.25) is 0 Å². The SMILES string of the molecule is CCCCCCCCCCCCOc1ccc(N=C(NO)C(=Nc2ccc(OCCCCCCCCCCCC)c(OCCCCCCCCCCCC)c2)NO)cc1OCCCCCCCCCCCC. The number of hydrogen-bond donors (Lipinski definition) is 4. The minimum absolute atomic E-state index is 0.0636. The number of hydroxylamine groups is 2. The topological polar surface area (TPSA) is 126 Å². The van der Waals surface area contributed by atoms with Gasteiger partial charge in [-0.25, -0.2) is 20.9 Å². The van der Waals surface area contributed by atoms with Gasteiger partial charge in [-0.3, -0.25) is 10.4 Å². The van der Waals surface area contributed by atoms with Gasteiger partial charge >= 0.3 is 0 Å². The van der Waals surface area contributed by atoms with Crippen LogP contribution < -0.4 is 29.9 Å². The second-order valence-corrected chi connectivity index (χ2v) is 20.5. The quantitative estimate of drug-likeness (QED) is 0.0223. The van der Waals surface area contributed by atoms with E-state index in [0.29, 0.717) is 60.8 Å². The average molecular weight is 1010 g/mol. The number of hydrogen-bond acceptors (Lipinski definition) is 8. The molecular weight excluding hydrogens is 897 g/mol. The molecule has 0 fully saturated rings. The van der Waals surface area contributed by atoms with Crippen molar-refractivity contribution in [2.45, 2.75) is 285 Å². The van der Waals surface area contributed by atoms with Crippen LogP contribution in [-0.2, 0) is 0 Å². The molecular formula is C62H110N4O6. The van der Waals surface area contributed by atoms with Crippen LogP contribution in [0.3, 0.4) is 0 Å². The summed E-state index contributed by atoms with van der Waals surface area (Å²) in [5.74, 6) is 2.47. The molecule has 2 rings (SSSR count). The van der Waals surface area contributed by atoms with Gasteiger partial charge in [-0.15, -0.1) is 0 Å². The maximum absolute atomic E-state index is 10.4. The van der Waals surface area contributed by atoms with Crippen molar-refractivity contribution in [1.29, 1.82) is 0 Å². The molecule has 414 valence electrons. The Kier molecular flexibility index (Phi) is 43.5. The Morgan fingerprint density at radius 1 is 0.306 bits per heavy atom. The number of aliphatic imine (C=N–C) groups is 2. The summed E-state index contributed by atoms with van der Waals surface area (Å²) in [6, 6.07) is 11.1. The van der Waals surface area contributed by atoms with Crippen LogP contribution >= 0.6 is 0 Å². The van der Waals surface area contributed by atoms with Gasteiger partial charge < -0.3 is 18.9 Å². The molecule has 2 aromatic carbocycles. The molecule has 0 unspecified atom stereocenters. The second-order valence-electron chi connectivity index (χ2n) is 20.5. The first-order chi connectivity index (χ1) is 35.6. The minimum atomic E-state index is -0.0636. The summed E-state index contributed by atoms with van der Waals surface area (Å²) >= 11 is 0. The zero-order valence-electron chi connectivity index (χ0n) is 47.0. The molecule has 0 aliphatic carbocycles. The molecule has 4 N–H and O–H groups in total. The Morgan fingerprint density at radius 2 is 0.514 bits per heavy atom. The number of amidine groups is 2. The smallest absolute Gasteiger partial charge is 0.195 e. The molecule has 0 saturated heterocycles. The van der Waals surface area contributed by atoms with Crippen LogP contribution in [0.1, 0.15) is 285 Å². The molecule has 0 radical (unpaired) electrons. The van der Waals surface area contributed by atoms with Crippen molar-refractivity contribution < 1.29 is 29.4 Å². The zero-order valence-corrected chi connectivity index (χ0v) is 47.0. The molecule has 0 atom stereocenters. The van der Waals surface area contributed by atoms with E-state index in [1.165, 1.54) is 205 Å². The lowest BCUT2D eigenvalue weighted by atomic mass is 10.1. The Balaban J connectivity index is 2.15. The lowest BCUT2D eigenvalue weighted by molar-refractivity contribution is 0.223. The molecule has 0 amide bonds. The zero-order chi connectivity index (χ0) is 51.6. The van der Waals surface area contributed by atoms with E-state index in [-0.39, 0.29) is 11.7 Å². The van der Waals surface area contributed by atoms with Gasteiger partial charge in [-0.05, 0) is 49.9 Å².